The van der Waals surface area contributed by atoms with Crippen molar-refractivity contribution in [3.63, 3.8) is 0 Å². The number of hydrogen-bond donors (Lipinski definition) is 3. The number of rotatable bonds is 10. The quantitative estimate of drug-likeness (QED) is 0.342. The topological polar surface area (TPSA) is 122 Å². The van der Waals surface area contributed by atoms with Crippen LogP contribution in [-0.2, 0) is 20.8 Å². The Morgan fingerprint density at radius 2 is 1.89 bits per heavy atom. The van der Waals surface area contributed by atoms with E-state index in [0.29, 0.717) is 11.4 Å². The summed E-state index contributed by atoms with van der Waals surface area (Å²) < 4.78 is 23.6. The van der Waals surface area contributed by atoms with E-state index in [1.807, 2.05) is 24.3 Å². The zero-order valence-electron chi connectivity index (χ0n) is 20.3. The number of fused-ring (bicyclic) bond motifs is 1. The van der Waals surface area contributed by atoms with Gasteiger partial charge in [-0.15, -0.1) is 0 Å². The fourth-order valence-electron chi connectivity index (χ4n) is 3.33. The zero-order chi connectivity index (χ0) is 26.8. The first kappa shape index (κ1) is 27.6. The first-order chi connectivity index (χ1) is 17.8. The summed E-state index contributed by atoms with van der Waals surface area (Å²) in [4.78, 5) is 42.1. The molecule has 3 N–H and O–H groups in total. The molecule has 0 unspecified atom stereocenters. The number of methoxy groups -OCH3 is 1. The van der Waals surface area contributed by atoms with Crippen LogP contribution in [0.25, 0.3) is 10.8 Å². The standard InChI is InChI=1S/C25H27ClFN5O5/c1-32(24(34)30-12-18-8-5-9-20(27)23(18)26)19(13-28-14-22(33)36-2)15-37-25(35)31-21-10-16-6-3-4-7-17(16)11-29-21/h3-11,19,28H,12-15H2,1-2H3,(H,30,34)(H,29,31,35)/t19-/m0/s1. The van der Waals surface area contributed by atoms with Gasteiger partial charge in [0.2, 0.25) is 0 Å². The molecule has 2 aromatic carbocycles. The molecule has 3 amide bonds. The van der Waals surface area contributed by atoms with Crippen LogP contribution in [0.1, 0.15) is 5.56 Å². The van der Waals surface area contributed by atoms with E-state index in [4.69, 9.17) is 16.3 Å². The van der Waals surface area contributed by atoms with E-state index in [0.717, 1.165) is 10.8 Å². The summed E-state index contributed by atoms with van der Waals surface area (Å²) in [5, 5.41) is 9.82. The second-order valence-electron chi connectivity index (χ2n) is 7.98. The number of esters is 1. The Hall–Kier alpha value is -3.96. The highest BCUT2D eigenvalue weighted by Gasteiger charge is 2.22. The molecular formula is C25H27ClFN5O5. The van der Waals surface area contributed by atoms with Gasteiger partial charge in [0.15, 0.2) is 0 Å². The largest absolute Gasteiger partial charge is 0.468 e. The van der Waals surface area contributed by atoms with E-state index in [2.05, 4.69) is 25.7 Å². The number of urea groups is 1. The summed E-state index contributed by atoms with van der Waals surface area (Å²) in [5.74, 6) is -0.776. The van der Waals surface area contributed by atoms with Crippen molar-refractivity contribution in [1.29, 1.82) is 0 Å². The number of ether oxygens (including phenoxy) is 2. The van der Waals surface area contributed by atoms with Gasteiger partial charge in [0, 0.05) is 31.7 Å². The normalized spacial score (nSPS) is 11.5. The lowest BCUT2D eigenvalue weighted by atomic mass is 10.2. The van der Waals surface area contributed by atoms with Crippen LogP contribution in [-0.4, -0.2) is 67.9 Å². The Labute approximate surface area is 218 Å². The molecule has 37 heavy (non-hydrogen) atoms. The second kappa shape index (κ2) is 13.4. The molecule has 0 aliphatic heterocycles. The number of pyridine rings is 1. The van der Waals surface area contributed by atoms with Gasteiger partial charge < -0.3 is 25.0 Å². The van der Waals surface area contributed by atoms with Gasteiger partial charge in [-0.1, -0.05) is 48.0 Å². The Morgan fingerprint density at radius 3 is 2.65 bits per heavy atom. The fourth-order valence-corrected chi connectivity index (χ4v) is 3.52. The first-order valence-corrected chi connectivity index (χ1v) is 11.7. The van der Waals surface area contributed by atoms with E-state index in [-0.39, 0.29) is 31.3 Å². The summed E-state index contributed by atoms with van der Waals surface area (Å²) in [5.41, 5.74) is 0.405. The van der Waals surface area contributed by atoms with Crippen molar-refractivity contribution >= 4 is 46.3 Å². The fraction of sp³-hybridized carbons (Fsp3) is 0.280. The lowest BCUT2D eigenvalue weighted by Gasteiger charge is -2.28. The highest BCUT2D eigenvalue weighted by molar-refractivity contribution is 6.31. The smallest absolute Gasteiger partial charge is 0.412 e. The molecule has 1 atom stereocenters. The van der Waals surface area contributed by atoms with Crippen molar-refractivity contribution in [1.82, 2.24) is 20.5 Å². The van der Waals surface area contributed by atoms with Crippen molar-refractivity contribution in [2.75, 3.05) is 39.2 Å². The zero-order valence-corrected chi connectivity index (χ0v) is 21.0. The van der Waals surface area contributed by atoms with Crippen molar-refractivity contribution in [3.05, 3.63) is 71.1 Å². The lowest BCUT2D eigenvalue weighted by molar-refractivity contribution is -0.139. The Bertz CT molecular complexity index is 1260. The van der Waals surface area contributed by atoms with E-state index in [1.54, 1.807) is 18.3 Å². The maximum absolute atomic E-state index is 13.7. The summed E-state index contributed by atoms with van der Waals surface area (Å²) in [6.07, 6.45) is 0.870. The van der Waals surface area contributed by atoms with Crippen LogP contribution in [0.5, 0.6) is 0 Å². The van der Waals surface area contributed by atoms with Crippen molar-refractivity contribution in [3.8, 4) is 0 Å². The Balaban J connectivity index is 1.60. The van der Waals surface area contributed by atoms with Crippen molar-refractivity contribution in [2.45, 2.75) is 12.6 Å². The van der Waals surface area contributed by atoms with Crippen LogP contribution < -0.4 is 16.0 Å². The SMILES string of the molecule is COC(=O)CNC[C@@H](COC(=O)Nc1cc2ccccc2cn1)N(C)C(=O)NCc1cccc(F)c1Cl. The number of benzene rings is 2. The summed E-state index contributed by atoms with van der Waals surface area (Å²) >= 11 is 5.95. The highest BCUT2D eigenvalue weighted by Crippen LogP contribution is 2.19. The number of amides is 3. The molecule has 0 radical (unpaired) electrons. The van der Waals surface area contributed by atoms with Crippen LogP contribution in [0.2, 0.25) is 5.02 Å². The summed E-state index contributed by atoms with van der Waals surface area (Å²) in [6, 6.07) is 12.4. The van der Waals surface area contributed by atoms with Crippen LogP contribution in [0.3, 0.4) is 0 Å². The average Bonchev–Trinajstić information content (AvgIpc) is 2.90. The monoisotopic (exact) mass is 531 g/mol. The predicted molar refractivity (Wildman–Crippen MR) is 137 cm³/mol. The molecule has 0 aliphatic carbocycles. The van der Waals surface area contributed by atoms with E-state index >= 15 is 0 Å². The molecule has 0 spiro atoms. The molecule has 12 heteroatoms. The van der Waals surface area contributed by atoms with Gasteiger partial charge in [-0.05, 0) is 23.1 Å². The minimum atomic E-state index is -0.763. The van der Waals surface area contributed by atoms with Gasteiger partial charge in [-0.2, -0.15) is 0 Å². The number of anilines is 1. The van der Waals surface area contributed by atoms with E-state index in [1.165, 1.54) is 31.2 Å². The average molecular weight is 532 g/mol. The van der Waals surface area contributed by atoms with Gasteiger partial charge in [0.25, 0.3) is 0 Å². The number of nitrogens with zero attached hydrogens (tertiary/aromatic N) is 2. The Kier molecular flexibility index (Phi) is 9.99. The number of aromatic nitrogens is 1. The molecule has 0 fully saturated rings. The third-order valence-corrected chi connectivity index (χ3v) is 5.90. The summed E-state index contributed by atoms with van der Waals surface area (Å²) in [6.45, 7) is -0.203. The summed E-state index contributed by atoms with van der Waals surface area (Å²) in [7, 11) is 2.76. The third-order valence-electron chi connectivity index (χ3n) is 5.47. The predicted octanol–water partition coefficient (Wildman–Crippen LogP) is 3.55. The van der Waals surface area contributed by atoms with Gasteiger partial charge in [-0.3, -0.25) is 10.1 Å². The van der Waals surface area contributed by atoms with Crippen LogP contribution in [0.15, 0.2) is 54.7 Å². The molecule has 1 aromatic heterocycles. The van der Waals surface area contributed by atoms with Crippen LogP contribution in [0, 0.1) is 5.82 Å². The number of carbonyl (C=O) groups excluding carboxylic acids is 3. The maximum Gasteiger partial charge on any atom is 0.412 e. The minimum Gasteiger partial charge on any atom is -0.468 e. The van der Waals surface area contributed by atoms with E-state index < -0.39 is 30.0 Å². The molecule has 0 bridgehead atoms. The van der Waals surface area contributed by atoms with E-state index in [9.17, 15) is 18.8 Å². The second-order valence-corrected chi connectivity index (χ2v) is 8.36. The number of halogens is 2. The lowest BCUT2D eigenvalue weighted by Crippen LogP contribution is -2.50. The van der Waals surface area contributed by atoms with Crippen molar-refractivity contribution in [2.24, 2.45) is 0 Å². The molecule has 3 rings (SSSR count). The molecule has 0 saturated carbocycles. The maximum atomic E-state index is 13.7. The third kappa shape index (κ3) is 8.02. The number of hydrogen-bond acceptors (Lipinski definition) is 7. The number of likely N-dealkylation sites (N-methyl/N-ethyl adjacent to an activating group) is 1. The van der Waals surface area contributed by atoms with Crippen LogP contribution in [0.4, 0.5) is 19.8 Å². The molecule has 0 aliphatic rings. The minimum absolute atomic E-state index is 0.0168. The molecule has 3 aromatic rings. The first-order valence-electron chi connectivity index (χ1n) is 11.3. The van der Waals surface area contributed by atoms with Gasteiger partial charge in [0.1, 0.15) is 18.2 Å². The highest BCUT2D eigenvalue weighted by atomic mass is 35.5. The number of nitrogens with one attached hydrogen (secondary N) is 3. The Morgan fingerprint density at radius 1 is 1.14 bits per heavy atom. The molecule has 196 valence electrons. The van der Waals surface area contributed by atoms with Gasteiger partial charge >= 0.3 is 18.1 Å². The number of carbonyl (C=O) groups is 3. The van der Waals surface area contributed by atoms with Crippen LogP contribution >= 0.6 is 11.6 Å². The van der Waals surface area contributed by atoms with Crippen molar-refractivity contribution < 1.29 is 28.2 Å². The molecule has 0 saturated heterocycles. The molecule has 1 heterocycles. The van der Waals surface area contributed by atoms with Gasteiger partial charge in [-0.25, -0.2) is 19.0 Å². The van der Waals surface area contributed by atoms with Gasteiger partial charge in [0.05, 0.1) is 24.7 Å². The molecule has 10 nitrogen and oxygen atoms in total. The molecular weight excluding hydrogens is 505 g/mol.